The molecule has 0 aliphatic carbocycles. The number of hydrogen-bond donors (Lipinski definition) is 4. The number of alkyl halides is 3. The van der Waals surface area contributed by atoms with Crippen molar-refractivity contribution in [3.63, 3.8) is 0 Å². The van der Waals surface area contributed by atoms with E-state index in [0.29, 0.717) is 0 Å². The predicted molar refractivity (Wildman–Crippen MR) is 105 cm³/mol. The van der Waals surface area contributed by atoms with E-state index < -0.39 is 46.2 Å². The highest BCUT2D eigenvalue weighted by molar-refractivity contribution is 9.10. The predicted octanol–water partition coefficient (Wildman–Crippen LogP) is 5.09. The molecule has 0 aliphatic rings. The Morgan fingerprint density at radius 1 is 0.933 bits per heavy atom. The molecule has 0 aliphatic heterocycles. The molecule has 6 nitrogen and oxygen atoms in total. The molecule has 3 aromatic carbocycles. The van der Waals surface area contributed by atoms with Crippen LogP contribution in [0.4, 0.5) is 13.2 Å². The Hall–Kier alpha value is -3.40. The van der Waals surface area contributed by atoms with Gasteiger partial charge in [-0.15, -0.1) is 0 Å². The number of phenolic OH excluding ortho intramolecular Hbond substituents is 4. The van der Waals surface area contributed by atoms with Crippen molar-refractivity contribution in [2.24, 2.45) is 0 Å². The summed E-state index contributed by atoms with van der Waals surface area (Å²) in [6.07, 6.45) is -4.82. The summed E-state index contributed by atoms with van der Waals surface area (Å²) in [7, 11) is 0. The van der Waals surface area contributed by atoms with E-state index in [-0.39, 0.29) is 26.3 Å². The van der Waals surface area contributed by atoms with Crippen molar-refractivity contribution < 1.29 is 38.4 Å². The molecule has 4 aromatic rings. The van der Waals surface area contributed by atoms with E-state index in [1.54, 1.807) is 0 Å². The minimum absolute atomic E-state index is 0.0797. The number of phenols is 4. The Kier molecular flexibility index (Phi) is 4.35. The summed E-state index contributed by atoms with van der Waals surface area (Å²) in [5, 5.41) is 40.6. The third-order valence-corrected chi connectivity index (χ3v) is 5.32. The van der Waals surface area contributed by atoms with E-state index in [4.69, 9.17) is 0 Å². The fourth-order valence-corrected chi connectivity index (χ4v) is 4.03. The fourth-order valence-electron chi connectivity index (χ4n) is 3.41. The van der Waals surface area contributed by atoms with Gasteiger partial charge in [0.05, 0.1) is 16.6 Å². The first-order valence-electron chi connectivity index (χ1n) is 8.33. The van der Waals surface area contributed by atoms with Gasteiger partial charge in [-0.25, -0.2) is 0 Å². The molecule has 0 atom stereocenters. The second-order valence-electron chi connectivity index (χ2n) is 6.49. The second kappa shape index (κ2) is 6.56. The molecule has 0 radical (unpaired) electrons. The third-order valence-electron chi connectivity index (χ3n) is 4.70. The van der Waals surface area contributed by atoms with E-state index in [2.05, 4.69) is 15.9 Å². The zero-order chi connectivity index (χ0) is 22.0. The summed E-state index contributed by atoms with van der Waals surface area (Å²) in [4.78, 5) is 13.3. The molecule has 0 saturated carbocycles. The van der Waals surface area contributed by atoms with Crippen LogP contribution in [0.15, 0.2) is 46.9 Å². The van der Waals surface area contributed by atoms with Crippen molar-refractivity contribution in [2.45, 2.75) is 6.18 Å². The second-order valence-corrected chi connectivity index (χ2v) is 7.35. The van der Waals surface area contributed by atoms with Gasteiger partial charge in [0.15, 0.2) is 23.0 Å². The lowest BCUT2D eigenvalue weighted by Gasteiger charge is -2.14. The Bertz CT molecular complexity index is 1360. The molecule has 10 heteroatoms. The van der Waals surface area contributed by atoms with E-state index in [1.807, 2.05) is 0 Å². The summed E-state index contributed by atoms with van der Waals surface area (Å²) in [5.41, 5.74) is -2.25. The van der Waals surface area contributed by atoms with Crippen LogP contribution in [0.2, 0.25) is 0 Å². The van der Waals surface area contributed by atoms with Crippen LogP contribution in [0, 0.1) is 0 Å². The third kappa shape index (κ3) is 2.83. The lowest BCUT2D eigenvalue weighted by atomic mass is 10.1. The minimum atomic E-state index is -4.82. The monoisotopic (exact) mass is 481 g/mol. The summed E-state index contributed by atoms with van der Waals surface area (Å²) < 4.78 is 41.4. The zero-order valence-electron chi connectivity index (χ0n) is 14.7. The number of aromatic hydroxyl groups is 4. The molecule has 30 heavy (non-hydrogen) atoms. The van der Waals surface area contributed by atoms with Crippen molar-refractivity contribution >= 4 is 43.6 Å². The average Bonchev–Trinajstić information content (AvgIpc) is 3.00. The quantitative estimate of drug-likeness (QED) is 0.283. The molecule has 4 N–H and O–H groups in total. The van der Waals surface area contributed by atoms with E-state index >= 15 is 0 Å². The highest BCUT2D eigenvalue weighted by Crippen LogP contribution is 2.46. The van der Waals surface area contributed by atoms with Gasteiger partial charge in [0, 0.05) is 21.3 Å². The van der Waals surface area contributed by atoms with E-state index in [9.17, 15) is 38.4 Å². The van der Waals surface area contributed by atoms with Crippen LogP contribution in [0.3, 0.4) is 0 Å². The number of aromatic nitrogens is 1. The molecule has 0 unspecified atom stereocenters. The number of carbonyl (C=O) groups is 1. The molecule has 0 amide bonds. The molecule has 0 saturated heterocycles. The van der Waals surface area contributed by atoms with Crippen molar-refractivity contribution in [1.82, 2.24) is 4.57 Å². The molecule has 1 heterocycles. The summed E-state index contributed by atoms with van der Waals surface area (Å²) in [6, 6.07) is 7.35. The standard InChI is InChI=1S/C20H11BrF3NO5/c21-11-6-15(28)18(29)17-16(11)9-5-13(26)14(27)7-12(9)25(17)19(30)8-3-1-2-4-10(8)20(22,23)24/h1-7,26-29H. The summed E-state index contributed by atoms with van der Waals surface area (Å²) in [5.74, 6) is -3.68. The first-order chi connectivity index (χ1) is 14.0. The van der Waals surface area contributed by atoms with E-state index in [0.717, 1.165) is 41.0 Å². The Morgan fingerprint density at radius 3 is 2.23 bits per heavy atom. The number of benzene rings is 3. The van der Waals surface area contributed by atoms with Crippen LogP contribution in [-0.2, 0) is 6.18 Å². The smallest absolute Gasteiger partial charge is 0.417 e. The number of hydrogen-bond acceptors (Lipinski definition) is 5. The molecule has 154 valence electrons. The van der Waals surface area contributed by atoms with E-state index in [1.165, 1.54) is 6.07 Å². The van der Waals surface area contributed by atoms with Crippen molar-refractivity contribution in [3.05, 3.63) is 58.1 Å². The SMILES string of the molecule is O=C(c1ccccc1C(F)(F)F)n1c2cc(O)c(O)cc2c2c(Br)cc(O)c(O)c21. The average molecular weight is 482 g/mol. The number of nitrogens with zero attached hydrogens (tertiary/aromatic N) is 1. The van der Waals surface area contributed by atoms with Gasteiger partial charge in [-0.1, -0.05) is 12.1 Å². The Morgan fingerprint density at radius 2 is 1.57 bits per heavy atom. The maximum atomic E-state index is 13.5. The lowest BCUT2D eigenvalue weighted by Crippen LogP contribution is -2.18. The van der Waals surface area contributed by atoms with Crippen LogP contribution in [0.5, 0.6) is 23.0 Å². The van der Waals surface area contributed by atoms with Crippen LogP contribution < -0.4 is 0 Å². The van der Waals surface area contributed by atoms with Gasteiger partial charge in [-0.3, -0.25) is 9.36 Å². The Balaban J connectivity index is 2.19. The molecule has 4 rings (SSSR count). The number of fused-ring (bicyclic) bond motifs is 3. The molecule has 0 bridgehead atoms. The van der Waals surface area contributed by atoms with Crippen LogP contribution in [-0.4, -0.2) is 30.9 Å². The molecular weight excluding hydrogens is 471 g/mol. The molecule has 0 spiro atoms. The van der Waals surface area contributed by atoms with Gasteiger partial charge < -0.3 is 20.4 Å². The van der Waals surface area contributed by atoms with Crippen molar-refractivity contribution in [3.8, 4) is 23.0 Å². The van der Waals surface area contributed by atoms with Crippen molar-refractivity contribution in [2.75, 3.05) is 0 Å². The normalized spacial score (nSPS) is 12.0. The molecule has 0 fully saturated rings. The highest BCUT2D eigenvalue weighted by atomic mass is 79.9. The first-order valence-corrected chi connectivity index (χ1v) is 9.13. The Labute approximate surface area is 174 Å². The lowest BCUT2D eigenvalue weighted by molar-refractivity contribution is -0.137. The summed E-state index contributed by atoms with van der Waals surface area (Å²) in [6.45, 7) is 0. The van der Waals surface area contributed by atoms with Crippen molar-refractivity contribution in [1.29, 1.82) is 0 Å². The maximum absolute atomic E-state index is 13.5. The van der Waals surface area contributed by atoms with Gasteiger partial charge in [0.1, 0.15) is 5.52 Å². The fraction of sp³-hybridized carbons (Fsp3) is 0.0500. The topological polar surface area (TPSA) is 103 Å². The minimum Gasteiger partial charge on any atom is -0.504 e. The van der Waals surface area contributed by atoms with Gasteiger partial charge in [-0.2, -0.15) is 13.2 Å². The van der Waals surface area contributed by atoms with Gasteiger partial charge >= 0.3 is 6.18 Å². The molecular formula is C20H11BrF3NO5. The van der Waals surface area contributed by atoms with Crippen LogP contribution in [0.25, 0.3) is 21.8 Å². The van der Waals surface area contributed by atoms with Gasteiger partial charge in [0.2, 0.25) is 0 Å². The number of rotatable bonds is 1. The largest absolute Gasteiger partial charge is 0.504 e. The van der Waals surface area contributed by atoms with Crippen LogP contribution >= 0.6 is 15.9 Å². The van der Waals surface area contributed by atoms with Gasteiger partial charge in [-0.05, 0) is 40.2 Å². The highest BCUT2D eigenvalue weighted by Gasteiger charge is 2.36. The first kappa shape index (κ1) is 19.9. The number of halogens is 4. The molecule has 1 aromatic heterocycles. The van der Waals surface area contributed by atoms with Gasteiger partial charge in [0.25, 0.3) is 5.91 Å². The summed E-state index contributed by atoms with van der Waals surface area (Å²) >= 11 is 3.19. The zero-order valence-corrected chi connectivity index (χ0v) is 16.3. The van der Waals surface area contributed by atoms with Crippen LogP contribution in [0.1, 0.15) is 15.9 Å². The number of carbonyl (C=O) groups excluding carboxylic acids is 1. The maximum Gasteiger partial charge on any atom is 0.417 e.